The maximum absolute atomic E-state index is 13.3. The standard InChI is InChI=1S/C30H40N4O4/c1-21(29(37)32-24-13-6-3-7-14-24)31-20-27(35)26(18-22-10-4-2-5-11-22)33-30(38)23-12-8-15-25(19-23)34-17-9-16-28(34)36/h2,4-5,8,10-12,15,19,21,24,26-27,31,35H,3,6-7,9,13-14,16-18,20H2,1H3,(H,32,37)(H,33,38)/t21-,26?,27+/m0/s1. The zero-order valence-electron chi connectivity index (χ0n) is 22.2. The van der Waals surface area contributed by atoms with Gasteiger partial charge in [-0.25, -0.2) is 0 Å². The van der Waals surface area contributed by atoms with Gasteiger partial charge in [0.1, 0.15) is 0 Å². The topological polar surface area (TPSA) is 111 Å². The van der Waals surface area contributed by atoms with Crippen molar-refractivity contribution < 1.29 is 19.5 Å². The summed E-state index contributed by atoms with van der Waals surface area (Å²) in [5, 5.41) is 20.4. The first-order valence-electron chi connectivity index (χ1n) is 13.9. The quantitative estimate of drug-likeness (QED) is 0.364. The Labute approximate surface area is 225 Å². The van der Waals surface area contributed by atoms with E-state index in [1.165, 1.54) is 6.42 Å². The first kappa shape index (κ1) is 27.8. The summed E-state index contributed by atoms with van der Waals surface area (Å²) in [6, 6.07) is 15.9. The Bertz CT molecular complexity index is 1090. The van der Waals surface area contributed by atoms with Crippen molar-refractivity contribution in [3.05, 3.63) is 65.7 Å². The second-order valence-electron chi connectivity index (χ2n) is 10.5. The van der Waals surface area contributed by atoms with Gasteiger partial charge in [0.2, 0.25) is 11.8 Å². The van der Waals surface area contributed by atoms with Crippen molar-refractivity contribution in [1.29, 1.82) is 0 Å². The largest absolute Gasteiger partial charge is 0.390 e. The van der Waals surface area contributed by atoms with Crippen molar-refractivity contribution in [3.63, 3.8) is 0 Å². The molecule has 0 radical (unpaired) electrons. The maximum Gasteiger partial charge on any atom is 0.251 e. The monoisotopic (exact) mass is 520 g/mol. The predicted octanol–water partition coefficient (Wildman–Crippen LogP) is 2.94. The smallest absolute Gasteiger partial charge is 0.251 e. The molecule has 2 aromatic carbocycles. The molecule has 1 unspecified atom stereocenters. The van der Waals surface area contributed by atoms with Crippen LogP contribution in [0.3, 0.4) is 0 Å². The van der Waals surface area contributed by atoms with Crippen LogP contribution in [0.2, 0.25) is 0 Å². The van der Waals surface area contributed by atoms with Gasteiger partial charge in [0.15, 0.2) is 0 Å². The van der Waals surface area contributed by atoms with Gasteiger partial charge in [0.25, 0.3) is 5.91 Å². The molecule has 1 aliphatic carbocycles. The number of anilines is 1. The molecule has 4 rings (SSSR count). The zero-order chi connectivity index (χ0) is 26.9. The van der Waals surface area contributed by atoms with Gasteiger partial charge in [-0.1, -0.05) is 55.7 Å². The number of aliphatic hydroxyl groups is 1. The average molecular weight is 521 g/mol. The second kappa shape index (κ2) is 13.5. The number of hydrogen-bond acceptors (Lipinski definition) is 5. The minimum Gasteiger partial charge on any atom is -0.390 e. The van der Waals surface area contributed by atoms with Gasteiger partial charge in [-0.3, -0.25) is 14.4 Å². The summed E-state index contributed by atoms with van der Waals surface area (Å²) in [7, 11) is 0. The molecule has 3 amide bonds. The number of carbonyl (C=O) groups is 3. The number of benzene rings is 2. The molecule has 2 fully saturated rings. The zero-order valence-corrected chi connectivity index (χ0v) is 22.2. The number of rotatable bonds is 11. The van der Waals surface area contributed by atoms with E-state index >= 15 is 0 Å². The Morgan fingerprint density at radius 2 is 1.79 bits per heavy atom. The van der Waals surface area contributed by atoms with Gasteiger partial charge >= 0.3 is 0 Å². The van der Waals surface area contributed by atoms with Crippen molar-refractivity contribution in [3.8, 4) is 0 Å². The van der Waals surface area contributed by atoms with Gasteiger partial charge in [0, 0.05) is 36.8 Å². The normalized spacial score (nSPS) is 18.6. The molecule has 1 saturated heterocycles. The first-order chi connectivity index (χ1) is 18.4. The Morgan fingerprint density at radius 1 is 1.03 bits per heavy atom. The summed E-state index contributed by atoms with van der Waals surface area (Å²) in [5.41, 5.74) is 2.12. The van der Waals surface area contributed by atoms with Crippen LogP contribution in [-0.2, 0) is 16.0 Å². The van der Waals surface area contributed by atoms with E-state index in [9.17, 15) is 19.5 Å². The van der Waals surface area contributed by atoms with E-state index in [0.717, 1.165) is 37.7 Å². The van der Waals surface area contributed by atoms with E-state index in [4.69, 9.17) is 0 Å². The van der Waals surface area contributed by atoms with Crippen molar-refractivity contribution in [2.24, 2.45) is 0 Å². The Kier molecular flexibility index (Phi) is 9.90. The summed E-state index contributed by atoms with van der Waals surface area (Å²) in [6.07, 6.45) is 6.37. The second-order valence-corrected chi connectivity index (χ2v) is 10.5. The summed E-state index contributed by atoms with van der Waals surface area (Å²) in [6.45, 7) is 2.59. The van der Waals surface area contributed by atoms with Crippen LogP contribution >= 0.6 is 0 Å². The highest BCUT2D eigenvalue weighted by Crippen LogP contribution is 2.22. The number of hydrogen-bond donors (Lipinski definition) is 4. The van der Waals surface area contributed by atoms with E-state index in [2.05, 4.69) is 16.0 Å². The molecule has 2 aliphatic rings. The molecular weight excluding hydrogens is 480 g/mol. The molecule has 0 spiro atoms. The van der Waals surface area contributed by atoms with Crippen LogP contribution in [0.5, 0.6) is 0 Å². The van der Waals surface area contributed by atoms with Crippen molar-refractivity contribution in [1.82, 2.24) is 16.0 Å². The summed E-state index contributed by atoms with van der Waals surface area (Å²) in [5.74, 6) is -0.324. The molecule has 8 nitrogen and oxygen atoms in total. The number of nitrogens with one attached hydrogen (secondary N) is 3. The highest BCUT2D eigenvalue weighted by molar-refractivity contribution is 5.99. The maximum atomic E-state index is 13.3. The molecule has 38 heavy (non-hydrogen) atoms. The van der Waals surface area contributed by atoms with Crippen molar-refractivity contribution in [2.75, 3.05) is 18.0 Å². The van der Waals surface area contributed by atoms with Crippen LogP contribution in [0, 0.1) is 0 Å². The molecule has 1 heterocycles. The molecule has 2 aromatic rings. The van der Waals surface area contributed by atoms with Gasteiger partial charge in [-0.2, -0.15) is 0 Å². The minimum absolute atomic E-state index is 0.0626. The SMILES string of the molecule is C[C@H](NC[C@@H](O)C(Cc1ccccc1)NC(=O)c1cccc(N2CCCC2=O)c1)C(=O)NC1CCCCC1. The van der Waals surface area contributed by atoms with Crippen LogP contribution in [0.1, 0.15) is 67.8 Å². The minimum atomic E-state index is -0.924. The number of aliphatic hydroxyl groups excluding tert-OH is 1. The molecule has 0 bridgehead atoms. The number of nitrogens with zero attached hydrogens (tertiary/aromatic N) is 1. The summed E-state index contributed by atoms with van der Waals surface area (Å²) < 4.78 is 0. The van der Waals surface area contributed by atoms with Gasteiger partial charge < -0.3 is 26.0 Å². The van der Waals surface area contributed by atoms with E-state index < -0.39 is 18.2 Å². The predicted molar refractivity (Wildman–Crippen MR) is 148 cm³/mol. The molecule has 0 aromatic heterocycles. The fourth-order valence-electron chi connectivity index (χ4n) is 5.24. The third-order valence-corrected chi connectivity index (χ3v) is 7.55. The Balaban J connectivity index is 1.39. The third kappa shape index (κ3) is 7.65. The molecule has 4 N–H and O–H groups in total. The summed E-state index contributed by atoms with van der Waals surface area (Å²) >= 11 is 0. The lowest BCUT2D eigenvalue weighted by atomic mass is 9.95. The lowest BCUT2D eigenvalue weighted by Crippen LogP contribution is -2.53. The van der Waals surface area contributed by atoms with E-state index in [1.807, 2.05) is 36.4 Å². The molecule has 204 valence electrons. The fourth-order valence-corrected chi connectivity index (χ4v) is 5.24. The van der Waals surface area contributed by atoms with Crippen LogP contribution < -0.4 is 20.9 Å². The molecule has 1 saturated carbocycles. The van der Waals surface area contributed by atoms with Crippen LogP contribution in [0.25, 0.3) is 0 Å². The fraction of sp³-hybridized carbons (Fsp3) is 0.500. The highest BCUT2D eigenvalue weighted by Gasteiger charge is 2.26. The molecule has 8 heteroatoms. The molecule has 1 aliphatic heterocycles. The molecular formula is C30H40N4O4. The van der Waals surface area contributed by atoms with Gasteiger partial charge in [0.05, 0.1) is 18.2 Å². The van der Waals surface area contributed by atoms with E-state index in [1.54, 1.807) is 30.0 Å². The lowest BCUT2D eigenvalue weighted by molar-refractivity contribution is -0.123. The number of amides is 3. The van der Waals surface area contributed by atoms with Crippen molar-refractivity contribution >= 4 is 23.4 Å². The van der Waals surface area contributed by atoms with Gasteiger partial charge in [-0.15, -0.1) is 0 Å². The Hall–Kier alpha value is -3.23. The third-order valence-electron chi connectivity index (χ3n) is 7.55. The lowest BCUT2D eigenvalue weighted by Gasteiger charge is -2.27. The summed E-state index contributed by atoms with van der Waals surface area (Å²) in [4.78, 5) is 39.8. The molecule has 3 atom stereocenters. The van der Waals surface area contributed by atoms with Gasteiger partial charge in [-0.05, 0) is 56.4 Å². The highest BCUT2D eigenvalue weighted by atomic mass is 16.3. The van der Waals surface area contributed by atoms with Crippen molar-refractivity contribution in [2.45, 2.75) is 82.5 Å². The van der Waals surface area contributed by atoms with Crippen LogP contribution in [-0.4, -0.2) is 60.1 Å². The Morgan fingerprint density at radius 3 is 2.50 bits per heavy atom. The average Bonchev–Trinajstić information content (AvgIpc) is 3.38. The van der Waals surface area contributed by atoms with E-state index in [-0.39, 0.29) is 30.3 Å². The van der Waals surface area contributed by atoms with Crippen LogP contribution in [0.4, 0.5) is 5.69 Å². The van der Waals surface area contributed by atoms with Crippen LogP contribution in [0.15, 0.2) is 54.6 Å². The van der Waals surface area contributed by atoms with E-state index in [0.29, 0.717) is 30.6 Å². The number of carbonyl (C=O) groups excluding carboxylic acids is 3. The first-order valence-corrected chi connectivity index (χ1v) is 13.9.